The molecule has 6 nitrogen and oxygen atoms in total. The van der Waals surface area contributed by atoms with E-state index in [9.17, 15) is 5.11 Å². The number of aromatic nitrogens is 2. The minimum Gasteiger partial charge on any atom is -0.490 e. The number of anilines is 1. The molecule has 0 fully saturated rings. The lowest BCUT2D eigenvalue weighted by Gasteiger charge is -2.14. The van der Waals surface area contributed by atoms with Gasteiger partial charge in [-0.25, -0.2) is 0 Å². The van der Waals surface area contributed by atoms with Gasteiger partial charge in [0.2, 0.25) is 0 Å². The maximum absolute atomic E-state index is 9.86. The van der Waals surface area contributed by atoms with Crippen molar-refractivity contribution < 1.29 is 9.84 Å². The van der Waals surface area contributed by atoms with Crippen molar-refractivity contribution in [3.63, 3.8) is 0 Å². The second-order valence-electron chi connectivity index (χ2n) is 4.19. The number of halogens is 1. The zero-order valence-corrected chi connectivity index (χ0v) is 12.6. The summed E-state index contributed by atoms with van der Waals surface area (Å²) in [7, 11) is 0. The molecule has 7 heteroatoms. The quantitative estimate of drug-likeness (QED) is 0.829. The van der Waals surface area contributed by atoms with Gasteiger partial charge in [-0.05, 0) is 40.2 Å². The molecule has 0 spiro atoms. The third-order valence-electron chi connectivity index (χ3n) is 2.57. The van der Waals surface area contributed by atoms with Crippen molar-refractivity contribution in [1.29, 1.82) is 5.26 Å². The molecule has 1 aromatic carbocycles. The number of rotatable bonds is 6. The SMILES string of the molecule is N#Cc1ccc(NCC(O)COc2ccccc2Br)nn1. The lowest BCUT2D eigenvalue weighted by molar-refractivity contribution is 0.117. The van der Waals surface area contributed by atoms with Crippen LogP contribution in [0.15, 0.2) is 40.9 Å². The first-order valence-electron chi connectivity index (χ1n) is 6.22. The van der Waals surface area contributed by atoms with Crippen LogP contribution in [0.2, 0.25) is 0 Å². The number of hydrogen-bond acceptors (Lipinski definition) is 6. The lowest BCUT2D eigenvalue weighted by atomic mass is 10.3. The summed E-state index contributed by atoms with van der Waals surface area (Å²) < 4.78 is 6.34. The van der Waals surface area contributed by atoms with Crippen molar-refractivity contribution in [2.75, 3.05) is 18.5 Å². The van der Waals surface area contributed by atoms with Gasteiger partial charge < -0.3 is 15.2 Å². The highest BCUT2D eigenvalue weighted by molar-refractivity contribution is 9.10. The number of nitrogens with zero attached hydrogens (tertiary/aromatic N) is 3. The zero-order chi connectivity index (χ0) is 15.1. The van der Waals surface area contributed by atoms with Gasteiger partial charge in [-0.3, -0.25) is 0 Å². The van der Waals surface area contributed by atoms with Gasteiger partial charge >= 0.3 is 0 Å². The standard InChI is InChI=1S/C14H13BrN4O2/c15-12-3-1-2-4-13(12)21-9-11(20)8-17-14-6-5-10(7-16)18-19-14/h1-6,11,20H,8-9H2,(H,17,19). The van der Waals surface area contributed by atoms with Crippen LogP contribution >= 0.6 is 15.9 Å². The Morgan fingerprint density at radius 3 is 2.76 bits per heavy atom. The van der Waals surface area contributed by atoms with Crippen LogP contribution in [-0.4, -0.2) is 34.6 Å². The van der Waals surface area contributed by atoms with Gasteiger partial charge in [-0.15, -0.1) is 10.2 Å². The molecule has 0 aliphatic carbocycles. The summed E-state index contributed by atoms with van der Waals surface area (Å²) in [5, 5.41) is 28.9. The molecule has 1 atom stereocenters. The van der Waals surface area contributed by atoms with Crippen molar-refractivity contribution in [3.05, 3.63) is 46.6 Å². The average molecular weight is 349 g/mol. The summed E-state index contributed by atoms with van der Waals surface area (Å²) in [4.78, 5) is 0. The van der Waals surface area contributed by atoms with Crippen LogP contribution in [0, 0.1) is 11.3 Å². The van der Waals surface area contributed by atoms with E-state index in [4.69, 9.17) is 10.00 Å². The predicted molar refractivity (Wildman–Crippen MR) is 80.9 cm³/mol. The van der Waals surface area contributed by atoms with Crippen molar-refractivity contribution in [2.24, 2.45) is 0 Å². The average Bonchev–Trinajstić information content (AvgIpc) is 2.52. The highest BCUT2D eigenvalue weighted by Crippen LogP contribution is 2.23. The maximum atomic E-state index is 9.86. The summed E-state index contributed by atoms with van der Waals surface area (Å²) in [5.74, 6) is 1.17. The Morgan fingerprint density at radius 2 is 2.10 bits per heavy atom. The molecule has 0 radical (unpaired) electrons. The summed E-state index contributed by atoms with van der Waals surface area (Å²) in [6, 6.07) is 12.5. The molecule has 2 aromatic rings. The van der Waals surface area contributed by atoms with Crippen LogP contribution in [0.25, 0.3) is 0 Å². The van der Waals surface area contributed by atoms with Crippen molar-refractivity contribution >= 4 is 21.7 Å². The second kappa shape index (κ2) is 7.57. The van der Waals surface area contributed by atoms with E-state index in [1.54, 1.807) is 12.1 Å². The molecule has 0 aliphatic rings. The van der Waals surface area contributed by atoms with Crippen LogP contribution in [-0.2, 0) is 0 Å². The van der Waals surface area contributed by atoms with Crippen LogP contribution in [0.5, 0.6) is 5.75 Å². The number of ether oxygens (including phenoxy) is 1. The van der Waals surface area contributed by atoms with Gasteiger partial charge in [0.15, 0.2) is 5.69 Å². The largest absolute Gasteiger partial charge is 0.490 e. The smallest absolute Gasteiger partial charge is 0.163 e. The Bertz CT molecular complexity index is 628. The first-order chi connectivity index (χ1) is 10.2. The Labute approximate surface area is 130 Å². The van der Waals surface area contributed by atoms with Crippen LogP contribution in [0.1, 0.15) is 5.69 Å². The van der Waals surface area contributed by atoms with Gasteiger partial charge in [0, 0.05) is 6.54 Å². The summed E-state index contributed by atoms with van der Waals surface area (Å²) in [6.45, 7) is 0.421. The number of aliphatic hydroxyl groups excluding tert-OH is 1. The van der Waals surface area contributed by atoms with Gasteiger partial charge in [0.25, 0.3) is 0 Å². The molecule has 1 aromatic heterocycles. The van der Waals surface area contributed by atoms with Crippen molar-refractivity contribution in [3.8, 4) is 11.8 Å². The number of nitrogens with one attached hydrogen (secondary N) is 1. The van der Waals surface area contributed by atoms with Gasteiger partial charge in [-0.2, -0.15) is 5.26 Å². The van der Waals surface area contributed by atoms with E-state index < -0.39 is 6.10 Å². The minimum absolute atomic E-state index is 0.152. The van der Waals surface area contributed by atoms with Crippen molar-refractivity contribution in [1.82, 2.24) is 10.2 Å². The van der Waals surface area contributed by atoms with Gasteiger partial charge in [-0.1, -0.05) is 12.1 Å². The molecule has 2 N–H and O–H groups in total. The fourth-order valence-electron chi connectivity index (χ4n) is 1.52. The van der Waals surface area contributed by atoms with E-state index >= 15 is 0 Å². The second-order valence-corrected chi connectivity index (χ2v) is 5.05. The summed E-state index contributed by atoms with van der Waals surface area (Å²) in [5.41, 5.74) is 0.248. The van der Waals surface area contributed by atoms with Crippen molar-refractivity contribution in [2.45, 2.75) is 6.10 Å². The van der Waals surface area contributed by atoms with E-state index in [1.165, 1.54) is 0 Å². The molecule has 0 aliphatic heterocycles. The Balaban J connectivity index is 1.78. The molecule has 1 unspecified atom stereocenters. The highest BCUT2D eigenvalue weighted by atomic mass is 79.9. The molecule has 108 valence electrons. The van der Waals surface area contributed by atoms with Crippen LogP contribution in [0.3, 0.4) is 0 Å². The third-order valence-corrected chi connectivity index (χ3v) is 3.22. The third kappa shape index (κ3) is 4.70. The van der Waals surface area contributed by atoms with E-state index in [2.05, 4.69) is 31.4 Å². The molecular weight excluding hydrogens is 336 g/mol. The molecule has 21 heavy (non-hydrogen) atoms. The zero-order valence-electron chi connectivity index (χ0n) is 11.0. The molecule has 0 saturated carbocycles. The van der Waals surface area contributed by atoms with Crippen LogP contribution in [0.4, 0.5) is 5.82 Å². The predicted octanol–water partition coefficient (Wildman–Crippen LogP) is 1.96. The Hall–Kier alpha value is -2.17. The number of nitriles is 1. The first-order valence-corrected chi connectivity index (χ1v) is 7.01. The minimum atomic E-state index is -0.699. The van der Waals surface area contributed by atoms with E-state index in [-0.39, 0.29) is 18.8 Å². The summed E-state index contributed by atoms with van der Waals surface area (Å²) in [6.07, 6.45) is -0.699. The molecule has 0 amide bonds. The summed E-state index contributed by atoms with van der Waals surface area (Å²) >= 11 is 3.37. The number of para-hydroxylation sites is 1. The van der Waals surface area contributed by atoms with Gasteiger partial charge in [0.1, 0.15) is 30.3 Å². The topological polar surface area (TPSA) is 91.1 Å². The molecule has 0 bridgehead atoms. The molecule has 1 heterocycles. The Morgan fingerprint density at radius 1 is 1.29 bits per heavy atom. The lowest BCUT2D eigenvalue weighted by Crippen LogP contribution is -2.26. The monoisotopic (exact) mass is 348 g/mol. The van der Waals surface area contributed by atoms with E-state index in [0.717, 1.165) is 4.47 Å². The molecule has 2 rings (SSSR count). The number of aliphatic hydroxyl groups is 1. The number of hydrogen-bond donors (Lipinski definition) is 2. The van der Waals surface area contributed by atoms with E-state index in [1.807, 2.05) is 30.3 Å². The maximum Gasteiger partial charge on any atom is 0.163 e. The fourth-order valence-corrected chi connectivity index (χ4v) is 1.91. The first kappa shape index (κ1) is 15.2. The normalized spacial score (nSPS) is 11.5. The highest BCUT2D eigenvalue weighted by Gasteiger charge is 2.07. The Kier molecular flexibility index (Phi) is 5.49. The van der Waals surface area contributed by atoms with Crippen LogP contribution < -0.4 is 10.1 Å². The molecule has 0 saturated heterocycles. The van der Waals surface area contributed by atoms with Gasteiger partial charge in [0.05, 0.1) is 4.47 Å². The molecular formula is C14H13BrN4O2. The van der Waals surface area contributed by atoms with E-state index in [0.29, 0.717) is 11.6 Å². The number of benzene rings is 1. The fraction of sp³-hybridized carbons (Fsp3) is 0.214.